The Hall–Kier alpha value is -2.33. The van der Waals surface area contributed by atoms with Crippen LogP contribution in [-0.4, -0.2) is 26.0 Å². The molecule has 0 bridgehead atoms. The first-order valence-electron chi connectivity index (χ1n) is 7.67. The Kier molecular flexibility index (Phi) is 4.63. The van der Waals surface area contributed by atoms with E-state index in [4.69, 9.17) is 14.2 Å². The zero-order valence-electron chi connectivity index (χ0n) is 13.1. The molecule has 1 aliphatic heterocycles. The lowest BCUT2D eigenvalue weighted by molar-refractivity contribution is -0.0941. The molecule has 0 unspecified atom stereocenters. The molecule has 0 atom stereocenters. The number of hydrogen-bond acceptors (Lipinski definition) is 4. The van der Waals surface area contributed by atoms with E-state index in [1.165, 1.54) is 0 Å². The standard InChI is InChI=1S/C19H20O4/c1-19(13-22-18(20)23-14-19)12-21-17(15-8-4-2-5-9-15)16-10-6-3-7-11-16/h2-11,17H,12-14H2,1H3. The van der Waals surface area contributed by atoms with Gasteiger partial charge in [0.15, 0.2) is 0 Å². The number of ether oxygens (including phenoxy) is 3. The molecule has 0 amide bonds. The minimum Gasteiger partial charge on any atom is -0.433 e. The minimum absolute atomic E-state index is 0.160. The molecule has 3 rings (SSSR count). The maximum absolute atomic E-state index is 11.0. The number of benzene rings is 2. The van der Waals surface area contributed by atoms with Crippen LogP contribution in [-0.2, 0) is 14.2 Å². The van der Waals surface area contributed by atoms with Crippen molar-refractivity contribution in [3.63, 3.8) is 0 Å². The van der Waals surface area contributed by atoms with Gasteiger partial charge in [-0.2, -0.15) is 0 Å². The number of cyclic esters (lactones) is 2. The van der Waals surface area contributed by atoms with Crippen LogP contribution in [0.2, 0.25) is 0 Å². The molecule has 120 valence electrons. The molecule has 0 N–H and O–H groups in total. The van der Waals surface area contributed by atoms with Crippen LogP contribution in [0.5, 0.6) is 0 Å². The van der Waals surface area contributed by atoms with E-state index in [1.54, 1.807) is 0 Å². The maximum atomic E-state index is 11.0. The van der Waals surface area contributed by atoms with Crippen LogP contribution in [0, 0.1) is 5.41 Å². The van der Waals surface area contributed by atoms with E-state index < -0.39 is 6.16 Å². The van der Waals surface area contributed by atoms with Crippen molar-refractivity contribution in [3.05, 3.63) is 71.8 Å². The number of hydrogen-bond donors (Lipinski definition) is 0. The molecule has 2 aromatic rings. The summed E-state index contributed by atoms with van der Waals surface area (Å²) in [5.41, 5.74) is 1.85. The number of carbonyl (C=O) groups excluding carboxylic acids is 1. The van der Waals surface area contributed by atoms with Gasteiger partial charge in [0.2, 0.25) is 0 Å². The fourth-order valence-electron chi connectivity index (χ4n) is 2.56. The molecule has 0 saturated carbocycles. The van der Waals surface area contributed by atoms with Gasteiger partial charge in [-0.3, -0.25) is 0 Å². The average Bonchev–Trinajstić information content (AvgIpc) is 2.60. The largest absolute Gasteiger partial charge is 0.508 e. The van der Waals surface area contributed by atoms with E-state index in [-0.39, 0.29) is 11.5 Å². The molecule has 1 aliphatic rings. The summed E-state index contributed by atoms with van der Waals surface area (Å²) in [6.45, 7) is 3.05. The first-order chi connectivity index (χ1) is 11.2. The summed E-state index contributed by atoms with van der Waals surface area (Å²) < 4.78 is 16.2. The zero-order chi connectivity index (χ0) is 16.1. The maximum Gasteiger partial charge on any atom is 0.508 e. The Morgan fingerprint density at radius 3 is 1.91 bits per heavy atom. The third-order valence-corrected chi connectivity index (χ3v) is 3.88. The van der Waals surface area contributed by atoms with Gasteiger partial charge >= 0.3 is 6.16 Å². The van der Waals surface area contributed by atoms with Crippen molar-refractivity contribution in [3.8, 4) is 0 Å². The van der Waals surface area contributed by atoms with Crippen LogP contribution in [0.3, 0.4) is 0 Å². The fourth-order valence-corrected chi connectivity index (χ4v) is 2.56. The molecule has 0 aromatic heterocycles. The lowest BCUT2D eigenvalue weighted by Crippen LogP contribution is -2.40. The molecule has 0 aliphatic carbocycles. The molecule has 1 heterocycles. The second-order valence-corrected chi connectivity index (χ2v) is 6.15. The summed E-state index contributed by atoms with van der Waals surface area (Å²) in [6.07, 6.45) is -0.767. The summed E-state index contributed by atoms with van der Waals surface area (Å²) in [7, 11) is 0. The summed E-state index contributed by atoms with van der Waals surface area (Å²) in [4.78, 5) is 11.0. The molecule has 23 heavy (non-hydrogen) atoms. The summed E-state index contributed by atoms with van der Waals surface area (Å²) in [6, 6.07) is 20.2. The Morgan fingerprint density at radius 2 is 1.43 bits per heavy atom. The van der Waals surface area contributed by atoms with Gasteiger partial charge in [-0.25, -0.2) is 4.79 Å². The molecular weight excluding hydrogens is 292 g/mol. The Bertz CT molecular complexity index is 589. The van der Waals surface area contributed by atoms with Gasteiger partial charge < -0.3 is 14.2 Å². The highest BCUT2D eigenvalue weighted by molar-refractivity contribution is 5.60. The predicted octanol–water partition coefficient (Wildman–Crippen LogP) is 3.97. The quantitative estimate of drug-likeness (QED) is 0.784. The molecule has 1 saturated heterocycles. The number of carbonyl (C=O) groups is 1. The smallest absolute Gasteiger partial charge is 0.433 e. The second kappa shape index (κ2) is 6.84. The lowest BCUT2D eigenvalue weighted by atomic mass is 9.93. The van der Waals surface area contributed by atoms with Crippen LogP contribution in [0.1, 0.15) is 24.2 Å². The average molecular weight is 312 g/mol. The van der Waals surface area contributed by atoms with Gasteiger partial charge in [0.25, 0.3) is 0 Å². The van der Waals surface area contributed by atoms with Crippen molar-refractivity contribution in [1.82, 2.24) is 0 Å². The lowest BCUT2D eigenvalue weighted by Gasteiger charge is -2.33. The first kappa shape index (κ1) is 15.6. The van der Waals surface area contributed by atoms with E-state index in [0.717, 1.165) is 11.1 Å². The van der Waals surface area contributed by atoms with Gasteiger partial charge in [0.1, 0.15) is 19.3 Å². The molecular formula is C19H20O4. The highest BCUT2D eigenvalue weighted by Crippen LogP contribution is 2.30. The van der Waals surface area contributed by atoms with Crippen LogP contribution in [0.25, 0.3) is 0 Å². The van der Waals surface area contributed by atoms with Crippen LogP contribution < -0.4 is 0 Å². The third-order valence-electron chi connectivity index (χ3n) is 3.88. The van der Waals surface area contributed by atoms with Gasteiger partial charge in [-0.1, -0.05) is 67.6 Å². The number of rotatable bonds is 5. The van der Waals surface area contributed by atoms with E-state index >= 15 is 0 Å². The van der Waals surface area contributed by atoms with Crippen LogP contribution in [0.15, 0.2) is 60.7 Å². The Balaban J connectivity index is 1.76. The SMILES string of the molecule is CC1(COC(c2ccccc2)c2ccccc2)COC(=O)OC1. The molecule has 0 radical (unpaired) electrons. The topological polar surface area (TPSA) is 44.8 Å². The van der Waals surface area contributed by atoms with E-state index in [9.17, 15) is 4.79 Å². The van der Waals surface area contributed by atoms with Crippen molar-refractivity contribution >= 4 is 6.16 Å². The summed E-state index contributed by atoms with van der Waals surface area (Å²) in [5, 5.41) is 0. The van der Waals surface area contributed by atoms with Crippen molar-refractivity contribution in [2.24, 2.45) is 5.41 Å². The molecule has 4 heteroatoms. The monoisotopic (exact) mass is 312 g/mol. The van der Waals surface area contributed by atoms with Crippen molar-refractivity contribution < 1.29 is 19.0 Å². The van der Waals surface area contributed by atoms with Gasteiger partial charge in [-0.15, -0.1) is 0 Å². The van der Waals surface area contributed by atoms with Gasteiger partial charge in [0, 0.05) is 0 Å². The molecule has 2 aromatic carbocycles. The van der Waals surface area contributed by atoms with E-state index in [1.807, 2.05) is 43.3 Å². The fraction of sp³-hybridized carbons (Fsp3) is 0.316. The highest BCUT2D eigenvalue weighted by atomic mass is 16.7. The third kappa shape index (κ3) is 3.90. The van der Waals surface area contributed by atoms with Crippen molar-refractivity contribution in [2.45, 2.75) is 13.0 Å². The second-order valence-electron chi connectivity index (χ2n) is 6.15. The van der Waals surface area contributed by atoms with Crippen LogP contribution >= 0.6 is 0 Å². The Morgan fingerprint density at radius 1 is 0.957 bits per heavy atom. The molecule has 0 spiro atoms. The normalized spacial score (nSPS) is 16.7. The van der Waals surface area contributed by atoms with Crippen LogP contribution in [0.4, 0.5) is 4.79 Å². The van der Waals surface area contributed by atoms with E-state index in [0.29, 0.717) is 19.8 Å². The summed E-state index contributed by atoms with van der Waals surface area (Å²) in [5.74, 6) is 0. The first-order valence-corrected chi connectivity index (χ1v) is 7.67. The minimum atomic E-state index is -0.606. The molecule has 1 fully saturated rings. The van der Waals surface area contributed by atoms with Gasteiger partial charge in [0.05, 0.1) is 12.0 Å². The molecule has 4 nitrogen and oxygen atoms in total. The predicted molar refractivity (Wildman–Crippen MR) is 86.1 cm³/mol. The van der Waals surface area contributed by atoms with E-state index in [2.05, 4.69) is 24.3 Å². The summed E-state index contributed by atoms with van der Waals surface area (Å²) >= 11 is 0. The van der Waals surface area contributed by atoms with Crippen molar-refractivity contribution in [1.29, 1.82) is 0 Å². The zero-order valence-corrected chi connectivity index (χ0v) is 13.1. The van der Waals surface area contributed by atoms with Crippen molar-refractivity contribution in [2.75, 3.05) is 19.8 Å². The highest BCUT2D eigenvalue weighted by Gasteiger charge is 2.34. The Labute approximate surface area is 136 Å². The van der Waals surface area contributed by atoms with Gasteiger partial charge in [-0.05, 0) is 11.1 Å².